The summed E-state index contributed by atoms with van der Waals surface area (Å²) in [6, 6.07) is 2.14. The maximum Gasteiger partial charge on any atom is 0.0952 e. The maximum atomic E-state index is 8.54. The Labute approximate surface area is 71.6 Å². The molecule has 0 saturated heterocycles. The van der Waals surface area contributed by atoms with E-state index in [9.17, 15) is 0 Å². The second-order valence-electron chi connectivity index (χ2n) is 3.12. The molecule has 12 heavy (non-hydrogen) atoms. The second kappa shape index (κ2) is 2.98. The molecule has 0 fully saturated rings. The Morgan fingerprint density at radius 3 is 3.33 bits per heavy atom. The Morgan fingerprint density at radius 2 is 2.50 bits per heavy atom. The van der Waals surface area contributed by atoms with Gasteiger partial charge in [0, 0.05) is 12.2 Å². The molecular formula is C9H11N3. The Hall–Kier alpha value is -1.30. The van der Waals surface area contributed by atoms with Gasteiger partial charge in [0.1, 0.15) is 0 Å². The first kappa shape index (κ1) is 7.35. The summed E-state index contributed by atoms with van der Waals surface area (Å²) in [6.45, 7) is 1.08. The van der Waals surface area contributed by atoms with Crippen molar-refractivity contribution >= 4 is 0 Å². The van der Waals surface area contributed by atoms with Gasteiger partial charge in [0.25, 0.3) is 0 Å². The zero-order valence-electron chi connectivity index (χ0n) is 6.95. The van der Waals surface area contributed by atoms with Crippen LogP contribution in [0, 0.1) is 11.3 Å². The van der Waals surface area contributed by atoms with Crippen LogP contribution < -0.4 is 0 Å². The molecule has 3 heteroatoms. The van der Waals surface area contributed by atoms with Gasteiger partial charge in [-0.1, -0.05) is 0 Å². The molecule has 1 aromatic rings. The average molecular weight is 161 g/mol. The van der Waals surface area contributed by atoms with E-state index in [0.717, 1.165) is 18.7 Å². The van der Waals surface area contributed by atoms with Gasteiger partial charge in [-0.25, -0.2) is 4.98 Å². The summed E-state index contributed by atoms with van der Waals surface area (Å²) in [4.78, 5) is 4.23. The standard InChI is InChI=1S/C9H11N3/c10-5-4-8-9-3-1-2-6-12(9)7-11-8/h7H,1-4,6H2. The summed E-state index contributed by atoms with van der Waals surface area (Å²) in [5.74, 6) is 0. The highest BCUT2D eigenvalue weighted by Crippen LogP contribution is 2.17. The van der Waals surface area contributed by atoms with Crippen molar-refractivity contribution in [1.29, 1.82) is 5.26 Å². The minimum absolute atomic E-state index is 0.461. The van der Waals surface area contributed by atoms with Gasteiger partial charge in [0.05, 0.1) is 24.5 Å². The van der Waals surface area contributed by atoms with Crippen molar-refractivity contribution in [2.24, 2.45) is 0 Å². The molecule has 0 bridgehead atoms. The van der Waals surface area contributed by atoms with Gasteiger partial charge in [-0.3, -0.25) is 0 Å². The van der Waals surface area contributed by atoms with Crippen molar-refractivity contribution in [3.8, 4) is 6.07 Å². The molecule has 1 aromatic heterocycles. The van der Waals surface area contributed by atoms with E-state index in [0.29, 0.717) is 6.42 Å². The number of fused-ring (bicyclic) bond motifs is 1. The molecule has 2 rings (SSSR count). The van der Waals surface area contributed by atoms with E-state index < -0.39 is 0 Å². The molecule has 0 spiro atoms. The topological polar surface area (TPSA) is 41.6 Å². The summed E-state index contributed by atoms with van der Waals surface area (Å²) in [5, 5.41) is 8.54. The number of imidazole rings is 1. The first-order chi connectivity index (χ1) is 5.92. The van der Waals surface area contributed by atoms with Crippen LogP contribution in [0.25, 0.3) is 0 Å². The lowest BCUT2D eigenvalue weighted by Gasteiger charge is -2.14. The number of hydrogen-bond donors (Lipinski definition) is 0. The molecular weight excluding hydrogens is 150 g/mol. The lowest BCUT2D eigenvalue weighted by molar-refractivity contribution is 0.530. The molecule has 0 aromatic carbocycles. The van der Waals surface area contributed by atoms with Gasteiger partial charge in [0.2, 0.25) is 0 Å². The van der Waals surface area contributed by atoms with Crippen molar-refractivity contribution in [2.75, 3.05) is 0 Å². The van der Waals surface area contributed by atoms with E-state index in [-0.39, 0.29) is 0 Å². The first-order valence-electron chi connectivity index (χ1n) is 4.31. The molecule has 0 N–H and O–H groups in total. The Bertz CT molecular complexity index is 319. The van der Waals surface area contributed by atoms with Crippen molar-refractivity contribution in [3.63, 3.8) is 0 Å². The van der Waals surface area contributed by atoms with E-state index in [1.54, 1.807) is 0 Å². The van der Waals surface area contributed by atoms with Crippen LogP contribution >= 0.6 is 0 Å². The number of nitrogens with zero attached hydrogens (tertiary/aromatic N) is 3. The summed E-state index contributed by atoms with van der Waals surface area (Å²) >= 11 is 0. The van der Waals surface area contributed by atoms with Gasteiger partial charge < -0.3 is 4.57 Å². The zero-order valence-corrected chi connectivity index (χ0v) is 6.95. The third-order valence-corrected chi connectivity index (χ3v) is 2.34. The van der Waals surface area contributed by atoms with Crippen LogP contribution in [0.1, 0.15) is 24.2 Å². The number of aromatic nitrogens is 2. The Kier molecular flexibility index (Phi) is 1.83. The monoisotopic (exact) mass is 161 g/mol. The summed E-state index contributed by atoms with van der Waals surface area (Å²) in [5.41, 5.74) is 2.26. The third-order valence-electron chi connectivity index (χ3n) is 2.34. The number of hydrogen-bond acceptors (Lipinski definition) is 2. The molecule has 62 valence electrons. The highest BCUT2D eigenvalue weighted by Gasteiger charge is 2.13. The predicted octanol–water partition coefficient (Wildman–Crippen LogP) is 1.29. The maximum absolute atomic E-state index is 8.54. The quantitative estimate of drug-likeness (QED) is 0.622. The summed E-state index contributed by atoms with van der Waals surface area (Å²) in [6.07, 6.45) is 5.90. The smallest absolute Gasteiger partial charge is 0.0952 e. The molecule has 0 saturated carbocycles. The van der Waals surface area contributed by atoms with E-state index in [1.807, 2.05) is 6.33 Å². The first-order valence-corrected chi connectivity index (χ1v) is 4.31. The van der Waals surface area contributed by atoms with E-state index >= 15 is 0 Å². The number of aryl methyl sites for hydroxylation is 1. The molecule has 0 radical (unpaired) electrons. The van der Waals surface area contributed by atoms with Gasteiger partial charge in [-0.05, 0) is 19.3 Å². The molecule has 2 heterocycles. The largest absolute Gasteiger partial charge is 0.334 e. The second-order valence-corrected chi connectivity index (χ2v) is 3.12. The average Bonchev–Trinajstić information content (AvgIpc) is 2.50. The fraction of sp³-hybridized carbons (Fsp3) is 0.556. The predicted molar refractivity (Wildman–Crippen MR) is 44.5 cm³/mol. The fourth-order valence-corrected chi connectivity index (χ4v) is 1.73. The molecule has 0 aliphatic carbocycles. The van der Waals surface area contributed by atoms with Crippen molar-refractivity contribution in [2.45, 2.75) is 32.2 Å². The van der Waals surface area contributed by atoms with Gasteiger partial charge in [-0.15, -0.1) is 0 Å². The van der Waals surface area contributed by atoms with Crippen LogP contribution in [0.3, 0.4) is 0 Å². The van der Waals surface area contributed by atoms with Gasteiger partial charge in [-0.2, -0.15) is 5.26 Å². The highest BCUT2D eigenvalue weighted by atomic mass is 15.1. The van der Waals surface area contributed by atoms with Crippen LogP contribution in [0.15, 0.2) is 6.33 Å². The van der Waals surface area contributed by atoms with Gasteiger partial charge in [0.15, 0.2) is 0 Å². The van der Waals surface area contributed by atoms with Crippen LogP contribution in [0.2, 0.25) is 0 Å². The summed E-state index contributed by atoms with van der Waals surface area (Å²) < 4.78 is 2.18. The van der Waals surface area contributed by atoms with Crippen LogP contribution in [-0.2, 0) is 19.4 Å². The van der Waals surface area contributed by atoms with E-state index in [2.05, 4.69) is 15.6 Å². The SMILES string of the molecule is N#CCc1ncn2c1CCCC2. The molecule has 0 atom stereocenters. The molecule has 1 aliphatic rings. The normalized spacial score (nSPS) is 15.2. The molecule has 3 nitrogen and oxygen atoms in total. The van der Waals surface area contributed by atoms with Crippen molar-refractivity contribution < 1.29 is 0 Å². The summed E-state index contributed by atoms with van der Waals surface area (Å²) in [7, 11) is 0. The lowest BCUT2D eigenvalue weighted by Crippen LogP contribution is -2.09. The van der Waals surface area contributed by atoms with E-state index in [1.165, 1.54) is 18.5 Å². The highest BCUT2D eigenvalue weighted by molar-refractivity contribution is 5.18. The minimum Gasteiger partial charge on any atom is -0.334 e. The van der Waals surface area contributed by atoms with Crippen LogP contribution in [-0.4, -0.2) is 9.55 Å². The van der Waals surface area contributed by atoms with Crippen molar-refractivity contribution in [3.05, 3.63) is 17.7 Å². The number of nitriles is 1. The minimum atomic E-state index is 0.461. The lowest BCUT2D eigenvalue weighted by atomic mass is 10.1. The van der Waals surface area contributed by atoms with Crippen molar-refractivity contribution in [1.82, 2.24) is 9.55 Å². The molecule has 0 amide bonds. The number of rotatable bonds is 1. The van der Waals surface area contributed by atoms with E-state index in [4.69, 9.17) is 5.26 Å². The molecule has 1 aliphatic heterocycles. The Morgan fingerprint density at radius 1 is 1.58 bits per heavy atom. The third kappa shape index (κ3) is 1.10. The van der Waals surface area contributed by atoms with Gasteiger partial charge >= 0.3 is 0 Å². The van der Waals surface area contributed by atoms with Crippen LogP contribution in [0.4, 0.5) is 0 Å². The Balaban J connectivity index is 2.33. The zero-order chi connectivity index (χ0) is 8.39. The van der Waals surface area contributed by atoms with Crippen LogP contribution in [0.5, 0.6) is 0 Å². The molecule has 0 unspecified atom stereocenters. The fourth-order valence-electron chi connectivity index (χ4n) is 1.73.